The summed E-state index contributed by atoms with van der Waals surface area (Å²) in [4.78, 5) is 29.0. The van der Waals surface area contributed by atoms with Crippen molar-refractivity contribution in [3.05, 3.63) is 48.5 Å². The molecule has 0 heterocycles. The van der Waals surface area contributed by atoms with Crippen LogP contribution in [0.25, 0.3) is 0 Å². The highest BCUT2D eigenvalue weighted by Gasteiger charge is 2.31. The molecule has 0 spiro atoms. The van der Waals surface area contributed by atoms with E-state index in [0.717, 1.165) is 18.2 Å². The van der Waals surface area contributed by atoms with Crippen LogP contribution in [-0.4, -0.2) is 14.9 Å². The van der Waals surface area contributed by atoms with Crippen LogP contribution in [0.1, 0.15) is 0 Å². The van der Waals surface area contributed by atoms with Crippen molar-refractivity contribution in [3.8, 4) is 0 Å². The van der Waals surface area contributed by atoms with E-state index in [1.165, 1.54) is 0 Å². The second kappa shape index (κ2) is 4.16. The standard InChI is InChI=1S/C6H3N4O6/c11-8(12)5-3-1-2-4(7-10(15)16)6(5)9(13)14/h1-3H. The molecule has 1 radical (unpaired) electrons. The fourth-order valence-electron chi connectivity index (χ4n) is 1.02. The molecule has 0 unspecified atom stereocenters. The fraction of sp³-hybridized carbons (Fsp3) is 0. The van der Waals surface area contributed by atoms with Crippen LogP contribution in [0.5, 0.6) is 0 Å². The van der Waals surface area contributed by atoms with Gasteiger partial charge in [0.25, 0.3) is 0 Å². The third-order valence-electron chi connectivity index (χ3n) is 1.56. The van der Waals surface area contributed by atoms with Crippen LogP contribution in [0.2, 0.25) is 0 Å². The molecular formula is C6H3N4O6. The summed E-state index contributed by atoms with van der Waals surface area (Å²) >= 11 is 0. The summed E-state index contributed by atoms with van der Waals surface area (Å²) < 4.78 is 0. The van der Waals surface area contributed by atoms with E-state index in [4.69, 9.17) is 0 Å². The third-order valence-corrected chi connectivity index (χ3v) is 1.56. The zero-order chi connectivity index (χ0) is 12.3. The van der Waals surface area contributed by atoms with E-state index in [0.29, 0.717) is 0 Å². The molecule has 1 aromatic carbocycles. The van der Waals surface area contributed by atoms with Crippen LogP contribution in [-0.2, 0) is 0 Å². The van der Waals surface area contributed by atoms with Crippen molar-refractivity contribution in [3.63, 3.8) is 0 Å². The van der Waals surface area contributed by atoms with Gasteiger partial charge in [-0.1, -0.05) is 6.07 Å². The number of hydrogen-bond donors (Lipinski definition) is 0. The first-order chi connectivity index (χ1) is 7.43. The van der Waals surface area contributed by atoms with Crippen molar-refractivity contribution in [2.45, 2.75) is 0 Å². The normalized spacial score (nSPS) is 9.50. The van der Waals surface area contributed by atoms with E-state index in [-0.39, 0.29) is 0 Å². The second-order valence-corrected chi connectivity index (χ2v) is 2.50. The first kappa shape index (κ1) is 11.3. The minimum atomic E-state index is -1.16. The quantitative estimate of drug-likeness (QED) is 0.552. The minimum Gasteiger partial charge on any atom is -0.258 e. The lowest BCUT2D eigenvalue weighted by molar-refractivity contribution is -0.536. The predicted molar refractivity (Wildman–Crippen MR) is 48.5 cm³/mol. The third kappa shape index (κ3) is 2.17. The van der Waals surface area contributed by atoms with Crippen LogP contribution in [0.15, 0.2) is 18.2 Å². The average molecular weight is 227 g/mol. The Hall–Kier alpha value is -2.78. The van der Waals surface area contributed by atoms with E-state index in [1.54, 1.807) is 0 Å². The van der Waals surface area contributed by atoms with Crippen LogP contribution in [0.3, 0.4) is 0 Å². The van der Waals surface area contributed by atoms with Gasteiger partial charge >= 0.3 is 11.4 Å². The number of rotatable bonds is 4. The van der Waals surface area contributed by atoms with E-state index in [9.17, 15) is 30.3 Å². The molecule has 0 aliphatic rings. The van der Waals surface area contributed by atoms with Crippen LogP contribution >= 0.6 is 0 Å². The van der Waals surface area contributed by atoms with Crippen molar-refractivity contribution >= 4 is 17.1 Å². The van der Waals surface area contributed by atoms with E-state index in [2.05, 4.69) is 5.43 Å². The molecule has 0 amide bonds. The smallest absolute Gasteiger partial charge is 0.258 e. The highest BCUT2D eigenvalue weighted by molar-refractivity contribution is 5.67. The maximum Gasteiger partial charge on any atom is 0.377 e. The van der Waals surface area contributed by atoms with Gasteiger partial charge in [-0.2, -0.15) is 0 Å². The number of nitrogens with zero attached hydrogens (tertiary/aromatic N) is 4. The van der Waals surface area contributed by atoms with Crippen LogP contribution < -0.4 is 5.43 Å². The number of para-hydroxylation sites is 1. The maximum absolute atomic E-state index is 10.5. The minimum absolute atomic E-state index is 0.663. The highest BCUT2D eigenvalue weighted by Crippen LogP contribution is 2.34. The van der Waals surface area contributed by atoms with Crippen molar-refractivity contribution in [1.82, 2.24) is 5.43 Å². The number of nitro groups is 3. The first-order valence-corrected chi connectivity index (χ1v) is 3.71. The largest absolute Gasteiger partial charge is 0.377 e. The molecule has 0 saturated carbocycles. The molecule has 10 heteroatoms. The Balaban J connectivity index is 3.38. The Morgan fingerprint density at radius 2 is 1.62 bits per heavy atom. The summed E-state index contributed by atoms with van der Waals surface area (Å²) in [6.07, 6.45) is 0. The van der Waals surface area contributed by atoms with Gasteiger partial charge in [-0.15, -0.1) is 0 Å². The summed E-state index contributed by atoms with van der Waals surface area (Å²) in [5, 5.41) is 29.9. The molecule has 16 heavy (non-hydrogen) atoms. The molecular weight excluding hydrogens is 224 g/mol. The molecule has 0 saturated heterocycles. The van der Waals surface area contributed by atoms with E-state index >= 15 is 0 Å². The Bertz CT molecular complexity index is 472. The molecule has 0 aliphatic heterocycles. The van der Waals surface area contributed by atoms with Gasteiger partial charge in [0.1, 0.15) is 0 Å². The number of hydrogen-bond acceptors (Lipinski definition) is 6. The number of nitro benzene ring substituents is 2. The number of benzene rings is 1. The first-order valence-electron chi connectivity index (χ1n) is 3.71. The zero-order valence-electron chi connectivity index (χ0n) is 7.47. The van der Waals surface area contributed by atoms with Crippen molar-refractivity contribution in [2.75, 3.05) is 0 Å². The summed E-state index contributed by atoms with van der Waals surface area (Å²) in [6, 6.07) is 2.90. The molecule has 0 bridgehead atoms. The highest BCUT2D eigenvalue weighted by atomic mass is 16.7. The Labute approximate surface area is 86.9 Å². The summed E-state index contributed by atoms with van der Waals surface area (Å²) in [7, 11) is 0. The Morgan fingerprint density at radius 3 is 2.06 bits per heavy atom. The van der Waals surface area contributed by atoms with Gasteiger partial charge in [0.05, 0.1) is 15.3 Å². The van der Waals surface area contributed by atoms with Crippen molar-refractivity contribution in [2.24, 2.45) is 0 Å². The monoisotopic (exact) mass is 227 g/mol. The topological polar surface area (TPSA) is 144 Å². The molecule has 0 N–H and O–H groups in total. The molecule has 0 aromatic heterocycles. The molecule has 1 aromatic rings. The predicted octanol–water partition coefficient (Wildman–Crippen LogP) is 0.931. The molecule has 0 aliphatic carbocycles. The molecule has 1 rings (SSSR count). The lowest BCUT2D eigenvalue weighted by Gasteiger charge is -1.97. The van der Waals surface area contributed by atoms with Gasteiger partial charge in [-0.3, -0.25) is 20.2 Å². The SMILES string of the molecule is O=[N+]([O-])[N]c1cccc([N+](=O)[O-])c1[N+](=O)[O-]. The van der Waals surface area contributed by atoms with Crippen LogP contribution in [0, 0.1) is 30.3 Å². The van der Waals surface area contributed by atoms with E-state index < -0.39 is 31.9 Å². The van der Waals surface area contributed by atoms with Gasteiger partial charge in [-0.05, 0) is 6.07 Å². The Kier molecular flexibility index (Phi) is 2.94. The lowest BCUT2D eigenvalue weighted by Crippen LogP contribution is -2.09. The van der Waals surface area contributed by atoms with Crippen molar-refractivity contribution < 1.29 is 14.9 Å². The van der Waals surface area contributed by atoms with Gasteiger partial charge < -0.3 is 0 Å². The molecule has 0 atom stereocenters. The maximum atomic E-state index is 10.5. The molecule has 10 nitrogen and oxygen atoms in total. The second-order valence-electron chi connectivity index (χ2n) is 2.50. The average Bonchev–Trinajstić information content (AvgIpc) is 2.15. The fourth-order valence-corrected chi connectivity index (χ4v) is 1.02. The summed E-state index contributed by atoms with van der Waals surface area (Å²) in [5.74, 6) is 0. The molecule has 83 valence electrons. The van der Waals surface area contributed by atoms with Gasteiger partial charge in [0.15, 0.2) is 5.03 Å². The zero-order valence-corrected chi connectivity index (χ0v) is 7.47. The van der Waals surface area contributed by atoms with Crippen molar-refractivity contribution in [1.29, 1.82) is 0 Å². The Morgan fingerprint density at radius 1 is 1.00 bits per heavy atom. The summed E-state index contributed by atoms with van der Waals surface area (Å²) in [5.41, 5.74) is 0.201. The molecule has 0 fully saturated rings. The van der Waals surface area contributed by atoms with Gasteiger partial charge in [-0.25, -0.2) is 10.1 Å². The van der Waals surface area contributed by atoms with Gasteiger partial charge in [0.2, 0.25) is 5.69 Å². The summed E-state index contributed by atoms with van der Waals surface area (Å²) in [6.45, 7) is 0. The van der Waals surface area contributed by atoms with Crippen LogP contribution in [0.4, 0.5) is 17.1 Å². The lowest BCUT2D eigenvalue weighted by atomic mass is 10.2. The van der Waals surface area contributed by atoms with E-state index in [1.807, 2.05) is 0 Å². The van der Waals surface area contributed by atoms with Gasteiger partial charge in [0, 0.05) is 6.07 Å².